The Hall–Kier alpha value is -1.48. The van der Waals surface area contributed by atoms with Gasteiger partial charge in [-0.25, -0.2) is 0 Å². The SMILES string of the molecule is CC(C)COc1ccc(C(C)Nc2ccc(Br)cc2)cc1. The van der Waals surface area contributed by atoms with Crippen molar-refractivity contribution in [3.8, 4) is 5.75 Å². The number of rotatable bonds is 6. The Kier molecular flexibility index (Phi) is 5.68. The second-order valence-electron chi connectivity index (χ2n) is 5.65. The normalized spacial score (nSPS) is 12.2. The predicted molar refractivity (Wildman–Crippen MR) is 93.0 cm³/mol. The lowest BCUT2D eigenvalue weighted by Crippen LogP contribution is -2.07. The molecule has 3 heteroatoms. The van der Waals surface area contributed by atoms with Crippen molar-refractivity contribution < 1.29 is 4.74 Å². The van der Waals surface area contributed by atoms with Crippen molar-refractivity contribution in [2.45, 2.75) is 26.8 Å². The third kappa shape index (κ3) is 5.09. The van der Waals surface area contributed by atoms with Gasteiger partial charge in [-0.15, -0.1) is 0 Å². The van der Waals surface area contributed by atoms with E-state index in [1.807, 2.05) is 24.3 Å². The van der Waals surface area contributed by atoms with E-state index in [1.165, 1.54) is 5.56 Å². The second kappa shape index (κ2) is 7.51. The molecule has 0 aliphatic rings. The van der Waals surface area contributed by atoms with Crippen LogP contribution in [-0.2, 0) is 0 Å². The molecule has 0 radical (unpaired) electrons. The highest BCUT2D eigenvalue weighted by Gasteiger charge is 2.06. The van der Waals surface area contributed by atoms with E-state index < -0.39 is 0 Å². The third-order valence-electron chi connectivity index (χ3n) is 3.19. The molecule has 0 amide bonds. The lowest BCUT2D eigenvalue weighted by atomic mass is 10.1. The minimum Gasteiger partial charge on any atom is -0.493 e. The molecule has 0 spiro atoms. The molecule has 0 saturated heterocycles. The van der Waals surface area contributed by atoms with Gasteiger partial charge in [0.1, 0.15) is 5.75 Å². The Bertz CT molecular complexity index is 548. The maximum atomic E-state index is 5.71. The zero-order valence-corrected chi connectivity index (χ0v) is 14.4. The molecule has 2 rings (SSSR count). The Morgan fingerprint density at radius 2 is 1.57 bits per heavy atom. The van der Waals surface area contributed by atoms with Gasteiger partial charge in [0.25, 0.3) is 0 Å². The van der Waals surface area contributed by atoms with Gasteiger partial charge < -0.3 is 10.1 Å². The van der Waals surface area contributed by atoms with Crippen LogP contribution in [0, 0.1) is 5.92 Å². The first-order valence-electron chi connectivity index (χ1n) is 7.29. The average molecular weight is 348 g/mol. The molecule has 2 aromatic rings. The van der Waals surface area contributed by atoms with Crippen LogP contribution in [0.3, 0.4) is 0 Å². The standard InChI is InChI=1S/C18H22BrNO/c1-13(2)12-21-18-10-4-15(5-11-18)14(3)20-17-8-6-16(19)7-9-17/h4-11,13-14,20H,12H2,1-3H3. The summed E-state index contributed by atoms with van der Waals surface area (Å²) in [6, 6.07) is 16.8. The van der Waals surface area contributed by atoms with E-state index in [0.717, 1.165) is 22.5 Å². The number of benzene rings is 2. The van der Waals surface area contributed by atoms with Crippen LogP contribution in [0.15, 0.2) is 53.0 Å². The van der Waals surface area contributed by atoms with Crippen LogP contribution in [0.2, 0.25) is 0 Å². The van der Waals surface area contributed by atoms with Gasteiger partial charge >= 0.3 is 0 Å². The summed E-state index contributed by atoms with van der Waals surface area (Å²) in [4.78, 5) is 0. The Morgan fingerprint density at radius 1 is 0.952 bits per heavy atom. The van der Waals surface area contributed by atoms with E-state index >= 15 is 0 Å². The Morgan fingerprint density at radius 3 is 2.14 bits per heavy atom. The number of hydrogen-bond donors (Lipinski definition) is 1. The highest BCUT2D eigenvalue weighted by atomic mass is 79.9. The van der Waals surface area contributed by atoms with Crippen molar-refractivity contribution in [2.24, 2.45) is 5.92 Å². The molecular weight excluding hydrogens is 326 g/mol. The van der Waals surface area contributed by atoms with Gasteiger partial charge in [-0.2, -0.15) is 0 Å². The number of ether oxygens (including phenoxy) is 1. The molecular formula is C18H22BrNO. The summed E-state index contributed by atoms with van der Waals surface area (Å²) in [6.07, 6.45) is 0. The molecule has 112 valence electrons. The van der Waals surface area contributed by atoms with Gasteiger partial charge in [-0.1, -0.05) is 41.9 Å². The van der Waals surface area contributed by atoms with Gasteiger partial charge in [-0.3, -0.25) is 0 Å². The zero-order valence-electron chi connectivity index (χ0n) is 12.8. The van der Waals surface area contributed by atoms with Crippen molar-refractivity contribution in [3.63, 3.8) is 0 Å². The fourth-order valence-corrected chi connectivity index (χ4v) is 2.26. The zero-order chi connectivity index (χ0) is 15.2. The van der Waals surface area contributed by atoms with E-state index in [-0.39, 0.29) is 6.04 Å². The van der Waals surface area contributed by atoms with E-state index in [0.29, 0.717) is 5.92 Å². The molecule has 0 fully saturated rings. The second-order valence-corrected chi connectivity index (χ2v) is 6.56. The molecule has 2 nitrogen and oxygen atoms in total. The summed E-state index contributed by atoms with van der Waals surface area (Å²) in [7, 11) is 0. The fraction of sp³-hybridized carbons (Fsp3) is 0.333. The maximum Gasteiger partial charge on any atom is 0.119 e. The van der Waals surface area contributed by atoms with Crippen molar-refractivity contribution in [3.05, 3.63) is 58.6 Å². The first kappa shape index (κ1) is 15.9. The molecule has 0 bridgehead atoms. The largest absolute Gasteiger partial charge is 0.493 e. The molecule has 21 heavy (non-hydrogen) atoms. The molecule has 0 aliphatic heterocycles. The first-order valence-corrected chi connectivity index (χ1v) is 8.09. The van der Waals surface area contributed by atoms with Gasteiger partial charge in [0.05, 0.1) is 6.61 Å². The molecule has 0 aliphatic carbocycles. The average Bonchev–Trinajstić information content (AvgIpc) is 2.48. The molecule has 2 aromatic carbocycles. The van der Waals surface area contributed by atoms with E-state index in [1.54, 1.807) is 0 Å². The van der Waals surface area contributed by atoms with Crippen molar-refractivity contribution in [1.29, 1.82) is 0 Å². The Balaban J connectivity index is 1.96. The highest BCUT2D eigenvalue weighted by molar-refractivity contribution is 9.10. The van der Waals surface area contributed by atoms with Gasteiger partial charge in [0, 0.05) is 16.2 Å². The van der Waals surface area contributed by atoms with Gasteiger partial charge in [-0.05, 0) is 54.8 Å². The highest BCUT2D eigenvalue weighted by Crippen LogP contribution is 2.23. The number of anilines is 1. The lowest BCUT2D eigenvalue weighted by molar-refractivity contribution is 0.271. The van der Waals surface area contributed by atoms with E-state index in [4.69, 9.17) is 4.74 Å². The summed E-state index contributed by atoms with van der Waals surface area (Å²) in [6.45, 7) is 7.22. The summed E-state index contributed by atoms with van der Waals surface area (Å²) in [5, 5.41) is 3.49. The van der Waals surface area contributed by atoms with Crippen LogP contribution >= 0.6 is 15.9 Å². The molecule has 0 aromatic heterocycles. The predicted octanol–water partition coefficient (Wildman–Crippen LogP) is 5.66. The number of nitrogens with one attached hydrogen (secondary N) is 1. The summed E-state index contributed by atoms with van der Waals surface area (Å²) < 4.78 is 6.80. The van der Waals surface area contributed by atoms with E-state index in [9.17, 15) is 0 Å². The maximum absolute atomic E-state index is 5.71. The molecule has 1 unspecified atom stereocenters. The summed E-state index contributed by atoms with van der Waals surface area (Å²) in [5.41, 5.74) is 2.36. The fourth-order valence-electron chi connectivity index (χ4n) is 2.00. The quantitative estimate of drug-likeness (QED) is 0.728. The van der Waals surface area contributed by atoms with Crippen molar-refractivity contribution >= 4 is 21.6 Å². The van der Waals surface area contributed by atoms with E-state index in [2.05, 4.69) is 66.3 Å². The van der Waals surface area contributed by atoms with Crippen LogP contribution in [-0.4, -0.2) is 6.61 Å². The number of halogens is 1. The minimum absolute atomic E-state index is 0.255. The monoisotopic (exact) mass is 347 g/mol. The smallest absolute Gasteiger partial charge is 0.119 e. The third-order valence-corrected chi connectivity index (χ3v) is 3.72. The van der Waals surface area contributed by atoms with Gasteiger partial charge in [0.15, 0.2) is 0 Å². The molecule has 0 saturated carbocycles. The van der Waals surface area contributed by atoms with Crippen LogP contribution in [0.25, 0.3) is 0 Å². The van der Waals surface area contributed by atoms with Crippen LogP contribution in [0.4, 0.5) is 5.69 Å². The molecule has 1 N–H and O–H groups in total. The van der Waals surface area contributed by atoms with Gasteiger partial charge in [0.2, 0.25) is 0 Å². The lowest BCUT2D eigenvalue weighted by Gasteiger charge is -2.16. The van der Waals surface area contributed by atoms with Crippen molar-refractivity contribution in [2.75, 3.05) is 11.9 Å². The number of hydrogen-bond acceptors (Lipinski definition) is 2. The van der Waals surface area contributed by atoms with Crippen LogP contribution in [0.5, 0.6) is 5.75 Å². The minimum atomic E-state index is 0.255. The first-order chi connectivity index (χ1) is 10.0. The Labute approximate surface area is 135 Å². The topological polar surface area (TPSA) is 21.3 Å². The summed E-state index contributed by atoms with van der Waals surface area (Å²) in [5.74, 6) is 1.48. The summed E-state index contributed by atoms with van der Waals surface area (Å²) >= 11 is 3.45. The van der Waals surface area contributed by atoms with Crippen molar-refractivity contribution in [1.82, 2.24) is 0 Å². The van der Waals surface area contributed by atoms with Crippen LogP contribution in [0.1, 0.15) is 32.4 Å². The van der Waals surface area contributed by atoms with Crippen LogP contribution < -0.4 is 10.1 Å². The molecule has 1 atom stereocenters. The molecule has 0 heterocycles.